The van der Waals surface area contributed by atoms with Crippen molar-refractivity contribution in [3.05, 3.63) is 23.9 Å². The lowest BCUT2D eigenvalue weighted by Gasteiger charge is -2.34. The van der Waals surface area contributed by atoms with Gasteiger partial charge in [-0.1, -0.05) is 6.92 Å². The van der Waals surface area contributed by atoms with Crippen LogP contribution in [0.5, 0.6) is 0 Å². The monoisotopic (exact) mass is 425 g/mol. The minimum absolute atomic E-state index is 0. The number of nitrogens with one attached hydrogen (secondary N) is 2. The summed E-state index contributed by atoms with van der Waals surface area (Å²) < 4.78 is 0. The summed E-state index contributed by atoms with van der Waals surface area (Å²) in [6.45, 7) is 5.86. The van der Waals surface area contributed by atoms with Crippen LogP contribution in [0.3, 0.4) is 0 Å². The Hall–Kier alpha value is -1.55. The van der Waals surface area contributed by atoms with E-state index < -0.39 is 0 Å². The van der Waals surface area contributed by atoms with E-state index in [9.17, 15) is 10.1 Å². The summed E-state index contributed by atoms with van der Waals surface area (Å²) in [4.78, 5) is 19.5. The number of carbonyl (C=O) groups is 1. The zero-order valence-electron chi connectivity index (χ0n) is 16.2. The third-order valence-corrected chi connectivity index (χ3v) is 6.84. The molecule has 6 nitrogen and oxygen atoms in total. The van der Waals surface area contributed by atoms with Crippen molar-refractivity contribution in [2.24, 2.45) is 10.8 Å². The summed E-state index contributed by atoms with van der Waals surface area (Å²) in [7, 11) is 0. The van der Waals surface area contributed by atoms with Crippen LogP contribution in [0.1, 0.15) is 44.6 Å². The van der Waals surface area contributed by atoms with Crippen LogP contribution >= 0.6 is 24.8 Å². The Morgan fingerprint density at radius 2 is 2.00 bits per heavy atom. The first-order chi connectivity index (χ1) is 12.6. The molecule has 2 aliphatic heterocycles. The fourth-order valence-electron chi connectivity index (χ4n) is 4.90. The number of nitrogens with zero attached hydrogens (tertiary/aromatic N) is 3. The van der Waals surface area contributed by atoms with Crippen molar-refractivity contribution in [2.45, 2.75) is 45.1 Å². The smallest absolute Gasteiger partial charge is 0.226 e. The number of hydrogen-bond acceptors (Lipinski definition) is 5. The molecule has 1 amide bonds. The molecule has 3 aliphatic rings. The van der Waals surface area contributed by atoms with Gasteiger partial charge in [0, 0.05) is 25.3 Å². The highest BCUT2D eigenvalue weighted by molar-refractivity contribution is 5.87. The first-order valence-electron chi connectivity index (χ1n) is 9.70. The number of anilines is 1. The van der Waals surface area contributed by atoms with E-state index in [2.05, 4.69) is 33.5 Å². The zero-order chi connectivity index (χ0) is 18.2. The van der Waals surface area contributed by atoms with Crippen LogP contribution in [-0.2, 0) is 4.79 Å². The second-order valence-corrected chi connectivity index (χ2v) is 8.26. The van der Waals surface area contributed by atoms with Gasteiger partial charge < -0.3 is 15.5 Å². The lowest BCUT2D eigenvalue weighted by molar-refractivity contribution is -0.128. The molecule has 8 heteroatoms. The van der Waals surface area contributed by atoms with Gasteiger partial charge >= 0.3 is 0 Å². The van der Waals surface area contributed by atoms with Crippen molar-refractivity contribution in [1.82, 2.24) is 15.6 Å². The van der Waals surface area contributed by atoms with Crippen LogP contribution in [0.15, 0.2) is 18.3 Å². The second-order valence-electron chi connectivity index (χ2n) is 8.26. The average Bonchev–Trinajstić information content (AvgIpc) is 3.26. The maximum Gasteiger partial charge on any atom is 0.226 e. The van der Waals surface area contributed by atoms with Crippen molar-refractivity contribution in [1.29, 1.82) is 5.26 Å². The van der Waals surface area contributed by atoms with Crippen LogP contribution in [-0.4, -0.2) is 43.1 Å². The van der Waals surface area contributed by atoms with E-state index in [0.717, 1.165) is 64.1 Å². The molecule has 28 heavy (non-hydrogen) atoms. The predicted octanol–water partition coefficient (Wildman–Crippen LogP) is 2.66. The molecule has 0 aromatic carbocycles. The molecule has 0 bridgehead atoms. The number of amides is 1. The van der Waals surface area contributed by atoms with Crippen molar-refractivity contribution in [3.8, 4) is 6.07 Å². The van der Waals surface area contributed by atoms with E-state index in [1.54, 1.807) is 12.3 Å². The molecule has 1 aromatic rings. The minimum Gasteiger partial charge on any atom is -0.355 e. The molecule has 2 N–H and O–H groups in total. The molecule has 1 aromatic heterocycles. The zero-order valence-corrected chi connectivity index (χ0v) is 17.9. The number of pyridine rings is 1. The summed E-state index contributed by atoms with van der Waals surface area (Å²) >= 11 is 0. The number of halogens is 2. The Balaban J connectivity index is 0.00000140. The maximum absolute atomic E-state index is 12.9. The highest BCUT2D eigenvalue weighted by Gasteiger charge is 2.67. The lowest BCUT2D eigenvalue weighted by Crippen LogP contribution is -2.48. The predicted molar refractivity (Wildman–Crippen MR) is 114 cm³/mol. The molecule has 4 rings (SSSR count). The quantitative estimate of drug-likeness (QED) is 0.777. The third kappa shape index (κ3) is 3.94. The van der Waals surface area contributed by atoms with Crippen molar-refractivity contribution < 1.29 is 4.79 Å². The van der Waals surface area contributed by atoms with E-state index >= 15 is 0 Å². The summed E-state index contributed by atoms with van der Waals surface area (Å²) in [6.07, 6.45) is 6.80. The number of rotatable bonds is 3. The number of hydrogen-bond donors (Lipinski definition) is 2. The molecule has 154 valence electrons. The number of carbonyl (C=O) groups excluding carboxylic acids is 1. The summed E-state index contributed by atoms with van der Waals surface area (Å²) in [6, 6.07) is 6.05. The van der Waals surface area contributed by atoms with Crippen LogP contribution in [0.2, 0.25) is 0 Å². The molecule has 1 spiro atoms. The van der Waals surface area contributed by atoms with Crippen LogP contribution in [0, 0.1) is 22.2 Å². The van der Waals surface area contributed by atoms with Gasteiger partial charge in [0.1, 0.15) is 11.9 Å². The molecule has 1 aliphatic carbocycles. The molecule has 3 heterocycles. The Labute approximate surface area is 179 Å². The van der Waals surface area contributed by atoms with Crippen molar-refractivity contribution in [2.75, 3.05) is 31.1 Å². The van der Waals surface area contributed by atoms with E-state index in [0.29, 0.717) is 5.56 Å². The van der Waals surface area contributed by atoms with E-state index in [1.807, 2.05) is 6.07 Å². The van der Waals surface area contributed by atoms with E-state index in [1.165, 1.54) is 0 Å². The third-order valence-electron chi connectivity index (χ3n) is 6.84. The molecule has 1 atom stereocenters. The Bertz CT molecular complexity index is 738. The largest absolute Gasteiger partial charge is 0.355 e. The number of nitriles is 1. The molecule has 1 unspecified atom stereocenters. The first kappa shape index (κ1) is 22.7. The molecule has 2 saturated heterocycles. The molecule has 1 saturated carbocycles. The van der Waals surface area contributed by atoms with Gasteiger partial charge in [-0.15, -0.1) is 24.8 Å². The highest BCUT2D eigenvalue weighted by atomic mass is 35.5. The Kier molecular flexibility index (Phi) is 7.19. The summed E-state index contributed by atoms with van der Waals surface area (Å²) in [5, 5.41) is 16.0. The van der Waals surface area contributed by atoms with Crippen LogP contribution < -0.4 is 15.5 Å². The van der Waals surface area contributed by atoms with Gasteiger partial charge in [-0.2, -0.15) is 5.26 Å². The average molecular weight is 426 g/mol. The fraction of sp³-hybridized carbons (Fsp3) is 0.650. The summed E-state index contributed by atoms with van der Waals surface area (Å²) in [5.41, 5.74) is 0.674. The lowest BCUT2D eigenvalue weighted by atomic mass is 9.85. The standard InChI is InChI=1S/C20H27N5O.2ClH/c1-19(14-20(19)6-9-22-10-7-20)18(26)24-16-4-11-25(12-5-16)17-15(13-21)3-2-8-23-17;;/h2-3,8,16,22H,4-7,9-12,14H2,1H3,(H,24,26);2*1H. The maximum atomic E-state index is 12.9. The Morgan fingerprint density at radius 3 is 2.64 bits per heavy atom. The molecular weight excluding hydrogens is 397 g/mol. The van der Waals surface area contributed by atoms with Gasteiger partial charge in [0.2, 0.25) is 5.91 Å². The van der Waals surface area contributed by atoms with Gasteiger partial charge in [0.15, 0.2) is 0 Å². The van der Waals surface area contributed by atoms with Crippen molar-refractivity contribution in [3.63, 3.8) is 0 Å². The second kappa shape index (κ2) is 8.86. The summed E-state index contributed by atoms with van der Waals surface area (Å²) in [5.74, 6) is 1.01. The van der Waals surface area contributed by atoms with Crippen LogP contribution in [0.25, 0.3) is 0 Å². The van der Waals surface area contributed by atoms with Gasteiger partial charge in [-0.05, 0) is 62.7 Å². The van der Waals surface area contributed by atoms with Gasteiger partial charge in [-0.25, -0.2) is 4.98 Å². The number of piperidine rings is 2. The normalized spacial score (nSPS) is 25.8. The van der Waals surface area contributed by atoms with E-state index in [-0.39, 0.29) is 47.6 Å². The number of aromatic nitrogens is 1. The Morgan fingerprint density at radius 1 is 1.32 bits per heavy atom. The topological polar surface area (TPSA) is 81.1 Å². The van der Waals surface area contributed by atoms with Gasteiger partial charge in [0.05, 0.1) is 11.0 Å². The van der Waals surface area contributed by atoms with E-state index in [4.69, 9.17) is 0 Å². The van der Waals surface area contributed by atoms with Crippen molar-refractivity contribution >= 4 is 36.5 Å². The minimum atomic E-state index is -0.179. The fourth-order valence-corrected chi connectivity index (χ4v) is 4.90. The van der Waals surface area contributed by atoms with Gasteiger partial charge in [-0.3, -0.25) is 4.79 Å². The first-order valence-corrected chi connectivity index (χ1v) is 9.70. The van der Waals surface area contributed by atoms with Gasteiger partial charge in [0.25, 0.3) is 0 Å². The molecule has 3 fully saturated rings. The SMILES string of the molecule is CC1(C(=O)NC2CCN(c3ncccc3C#N)CC2)CC12CCNCC2.Cl.Cl. The molecular formula is C20H29Cl2N5O. The van der Waals surface area contributed by atoms with Crippen LogP contribution in [0.4, 0.5) is 5.82 Å². The molecule has 0 radical (unpaired) electrons. The highest BCUT2D eigenvalue weighted by Crippen LogP contribution is 2.68.